The molecule has 1 aromatic rings. The molecular weight excluding hydrogens is 254 g/mol. The van der Waals surface area contributed by atoms with Gasteiger partial charge in [-0.25, -0.2) is 4.98 Å². The van der Waals surface area contributed by atoms with Crippen LogP contribution in [0.1, 0.15) is 24.2 Å². The highest BCUT2D eigenvalue weighted by molar-refractivity contribution is 6.29. The highest BCUT2D eigenvalue weighted by Crippen LogP contribution is 2.14. The van der Waals surface area contributed by atoms with Gasteiger partial charge in [-0.2, -0.15) is 0 Å². The minimum absolute atomic E-state index is 0.0965. The molecular formula is C12H18ClN3O2. The van der Waals surface area contributed by atoms with Crippen LogP contribution in [0.4, 0.5) is 5.82 Å². The lowest BCUT2D eigenvalue weighted by atomic mass is 10.1. The minimum atomic E-state index is -0.560. The Labute approximate surface area is 112 Å². The number of nitrogens with zero attached hydrogens (tertiary/aromatic N) is 1. The monoisotopic (exact) mass is 271 g/mol. The number of aliphatic hydroxyl groups is 1. The van der Waals surface area contributed by atoms with Crippen LogP contribution < -0.4 is 10.6 Å². The number of hydrogen-bond acceptors (Lipinski definition) is 4. The molecule has 0 aliphatic carbocycles. The zero-order chi connectivity index (χ0) is 13.7. The van der Waals surface area contributed by atoms with Gasteiger partial charge in [0.05, 0.1) is 6.10 Å². The highest BCUT2D eigenvalue weighted by Gasteiger charge is 2.13. The first-order chi connectivity index (χ1) is 8.43. The van der Waals surface area contributed by atoms with Crippen molar-refractivity contribution < 1.29 is 9.90 Å². The van der Waals surface area contributed by atoms with Crippen molar-refractivity contribution >= 4 is 23.3 Å². The predicted molar refractivity (Wildman–Crippen MR) is 72.0 cm³/mol. The molecule has 100 valence electrons. The molecule has 1 unspecified atom stereocenters. The summed E-state index contributed by atoms with van der Waals surface area (Å²) >= 11 is 5.81. The van der Waals surface area contributed by atoms with Crippen molar-refractivity contribution in [1.82, 2.24) is 10.3 Å². The third-order valence-electron chi connectivity index (χ3n) is 2.55. The molecule has 0 saturated carbocycles. The summed E-state index contributed by atoms with van der Waals surface area (Å²) in [6.45, 7) is 3.99. The van der Waals surface area contributed by atoms with Crippen LogP contribution >= 0.6 is 11.6 Å². The summed E-state index contributed by atoms with van der Waals surface area (Å²) in [5.74, 6) is 0.340. The summed E-state index contributed by atoms with van der Waals surface area (Å²) in [6, 6.07) is 3.09. The van der Waals surface area contributed by atoms with E-state index in [9.17, 15) is 9.90 Å². The number of aliphatic hydroxyl groups excluding tert-OH is 1. The van der Waals surface area contributed by atoms with Crippen LogP contribution in [0.25, 0.3) is 0 Å². The van der Waals surface area contributed by atoms with Gasteiger partial charge in [0.1, 0.15) is 11.0 Å². The van der Waals surface area contributed by atoms with Gasteiger partial charge >= 0.3 is 0 Å². The normalized spacial score (nSPS) is 12.3. The number of rotatable bonds is 5. The maximum Gasteiger partial charge on any atom is 0.251 e. The van der Waals surface area contributed by atoms with Gasteiger partial charge in [0.25, 0.3) is 5.91 Å². The standard InChI is InChI=1S/C12H18ClN3O2/c1-7(2)9(17)6-15-12(18)8-4-10(13)16-11(5-8)14-3/h4-5,7,9,17H,6H2,1-3H3,(H,14,16)(H,15,18). The summed E-state index contributed by atoms with van der Waals surface area (Å²) < 4.78 is 0. The van der Waals surface area contributed by atoms with Gasteiger partial charge < -0.3 is 15.7 Å². The van der Waals surface area contributed by atoms with Crippen LogP contribution in [0.5, 0.6) is 0 Å². The van der Waals surface area contributed by atoms with E-state index in [-0.39, 0.29) is 23.5 Å². The van der Waals surface area contributed by atoms with Gasteiger partial charge in [-0.3, -0.25) is 4.79 Å². The van der Waals surface area contributed by atoms with Crippen molar-refractivity contribution in [3.8, 4) is 0 Å². The lowest BCUT2D eigenvalue weighted by Crippen LogP contribution is -2.34. The van der Waals surface area contributed by atoms with Gasteiger partial charge in [-0.05, 0) is 18.1 Å². The van der Waals surface area contributed by atoms with Crippen molar-refractivity contribution in [3.63, 3.8) is 0 Å². The molecule has 0 fully saturated rings. The number of carbonyl (C=O) groups excluding carboxylic acids is 1. The Balaban J connectivity index is 2.69. The Kier molecular flexibility index (Phi) is 5.37. The number of aromatic nitrogens is 1. The molecule has 0 aliphatic heterocycles. The minimum Gasteiger partial charge on any atom is -0.391 e. The van der Waals surface area contributed by atoms with E-state index in [0.717, 1.165) is 0 Å². The fourth-order valence-electron chi connectivity index (χ4n) is 1.29. The maximum atomic E-state index is 11.9. The topological polar surface area (TPSA) is 74.2 Å². The molecule has 1 amide bonds. The summed E-state index contributed by atoms with van der Waals surface area (Å²) in [4.78, 5) is 15.8. The first-order valence-electron chi connectivity index (χ1n) is 5.75. The smallest absolute Gasteiger partial charge is 0.251 e. The molecule has 1 heterocycles. The molecule has 0 bridgehead atoms. The molecule has 0 aromatic carbocycles. The number of anilines is 1. The Morgan fingerprint density at radius 1 is 1.50 bits per heavy atom. The molecule has 3 N–H and O–H groups in total. The Bertz CT molecular complexity index is 424. The molecule has 1 aromatic heterocycles. The zero-order valence-electron chi connectivity index (χ0n) is 10.7. The second kappa shape index (κ2) is 6.56. The molecule has 0 saturated heterocycles. The fraction of sp³-hybridized carbons (Fsp3) is 0.500. The average molecular weight is 272 g/mol. The zero-order valence-corrected chi connectivity index (χ0v) is 11.5. The molecule has 0 radical (unpaired) electrons. The molecule has 5 nitrogen and oxygen atoms in total. The molecule has 18 heavy (non-hydrogen) atoms. The van der Waals surface area contributed by atoms with Gasteiger partial charge in [0, 0.05) is 19.2 Å². The highest BCUT2D eigenvalue weighted by atomic mass is 35.5. The van der Waals surface area contributed by atoms with Crippen molar-refractivity contribution in [2.75, 3.05) is 18.9 Å². The van der Waals surface area contributed by atoms with Crippen molar-refractivity contribution in [3.05, 3.63) is 22.8 Å². The Hall–Kier alpha value is -1.33. The average Bonchev–Trinajstić information content (AvgIpc) is 2.34. The number of carbonyl (C=O) groups is 1. The summed E-state index contributed by atoms with van der Waals surface area (Å²) in [5, 5.41) is 15.3. The SMILES string of the molecule is CNc1cc(C(=O)NCC(O)C(C)C)cc(Cl)n1. The molecule has 6 heteroatoms. The van der Waals surface area contributed by atoms with E-state index in [0.29, 0.717) is 11.4 Å². The van der Waals surface area contributed by atoms with E-state index < -0.39 is 6.10 Å². The van der Waals surface area contributed by atoms with Gasteiger partial charge in [-0.1, -0.05) is 25.4 Å². The van der Waals surface area contributed by atoms with Crippen LogP contribution in [0, 0.1) is 5.92 Å². The van der Waals surface area contributed by atoms with Gasteiger partial charge in [0.15, 0.2) is 0 Å². The van der Waals surface area contributed by atoms with E-state index >= 15 is 0 Å². The first kappa shape index (κ1) is 14.7. The second-order valence-electron chi connectivity index (χ2n) is 4.34. The summed E-state index contributed by atoms with van der Waals surface area (Å²) in [6.07, 6.45) is -0.560. The van der Waals surface area contributed by atoms with E-state index in [1.165, 1.54) is 6.07 Å². The van der Waals surface area contributed by atoms with E-state index in [4.69, 9.17) is 11.6 Å². The van der Waals surface area contributed by atoms with Crippen LogP contribution in [0.2, 0.25) is 5.15 Å². The maximum absolute atomic E-state index is 11.9. The van der Waals surface area contributed by atoms with E-state index in [1.54, 1.807) is 13.1 Å². The molecule has 1 atom stereocenters. The number of pyridine rings is 1. The third-order valence-corrected chi connectivity index (χ3v) is 2.75. The van der Waals surface area contributed by atoms with Gasteiger partial charge in [-0.15, -0.1) is 0 Å². The third kappa shape index (κ3) is 4.16. The quantitative estimate of drug-likeness (QED) is 0.710. The van der Waals surface area contributed by atoms with E-state index in [1.807, 2.05) is 13.8 Å². The Morgan fingerprint density at radius 2 is 2.17 bits per heavy atom. The molecule has 1 rings (SSSR count). The fourth-order valence-corrected chi connectivity index (χ4v) is 1.50. The predicted octanol–water partition coefficient (Wildman–Crippen LogP) is 1.52. The number of nitrogens with one attached hydrogen (secondary N) is 2. The van der Waals surface area contributed by atoms with Crippen LogP contribution in [-0.4, -0.2) is 35.7 Å². The summed E-state index contributed by atoms with van der Waals surface area (Å²) in [5.41, 5.74) is 0.412. The number of amides is 1. The number of hydrogen-bond donors (Lipinski definition) is 3. The number of halogens is 1. The lowest BCUT2D eigenvalue weighted by molar-refractivity contribution is 0.0871. The van der Waals surface area contributed by atoms with Crippen LogP contribution in [0.3, 0.4) is 0 Å². The largest absolute Gasteiger partial charge is 0.391 e. The van der Waals surface area contributed by atoms with E-state index in [2.05, 4.69) is 15.6 Å². The lowest BCUT2D eigenvalue weighted by Gasteiger charge is -2.15. The summed E-state index contributed by atoms with van der Waals surface area (Å²) in [7, 11) is 1.70. The van der Waals surface area contributed by atoms with Crippen LogP contribution in [0.15, 0.2) is 12.1 Å². The van der Waals surface area contributed by atoms with Gasteiger partial charge in [0.2, 0.25) is 0 Å². The van der Waals surface area contributed by atoms with Crippen molar-refractivity contribution in [1.29, 1.82) is 0 Å². The van der Waals surface area contributed by atoms with Crippen LogP contribution in [-0.2, 0) is 0 Å². The Morgan fingerprint density at radius 3 is 2.72 bits per heavy atom. The molecule has 0 aliphatic rings. The van der Waals surface area contributed by atoms with Crippen molar-refractivity contribution in [2.24, 2.45) is 5.92 Å². The molecule has 0 spiro atoms. The second-order valence-corrected chi connectivity index (χ2v) is 4.72. The first-order valence-corrected chi connectivity index (χ1v) is 6.13. The van der Waals surface area contributed by atoms with Crippen molar-refractivity contribution in [2.45, 2.75) is 20.0 Å².